The number of rotatable bonds is 3. The van der Waals surface area contributed by atoms with Crippen LogP contribution < -0.4 is 5.63 Å². The smallest absolute Gasteiger partial charge is 0.363 e. The fourth-order valence-electron chi connectivity index (χ4n) is 4.23. The van der Waals surface area contributed by atoms with E-state index in [4.69, 9.17) is 9.52 Å². The maximum absolute atomic E-state index is 12.2. The summed E-state index contributed by atoms with van der Waals surface area (Å²) in [6.45, 7) is 9.17. The van der Waals surface area contributed by atoms with Gasteiger partial charge in [-0.25, -0.2) is 9.78 Å². The average Bonchev–Trinajstić information content (AvgIpc) is 3.06. The minimum absolute atomic E-state index is 0.123. The van der Waals surface area contributed by atoms with Crippen molar-refractivity contribution in [3.05, 3.63) is 93.8 Å². The van der Waals surface area contributed by atoms with Gasteiger partial charge in [0.2, 0.25) is 0 Å². The summed E-state index contributed by atoms with van der Waals surface area (Å²) in [5.41, 5.74) is 3.41. The summed E-state index contributed by atoms with van der Waals surface area (Å²) < 4.78 is 5.45. The molecule has 184 valence electrons. The fourth-order valence-corrected chi connectivity index (χ4v) is 4.23. The summed E-state index contributed by atoms with van der Waals surface area (Å²) in [7, 11) is 0. The van der Waals surface area contributed by atoms with Crippen LogP contribution in [0.1, 0.15) is 51.3 Å². The Hall–Kier alpha value is -4.06. The highest BCUT2D eigenvalue weighted by atomic mass is 16.4. The summed E-state index contributed by atoms with van der Waals surface area (Å²) in [6.07, 6.45) is 0.377. The minimum atomic E-state index is -0.520. The average molecular weight is 484 g/mol. The van der Waals surface area contributed by atoms with Gasteiger partial charge in [0.25, 0.3) is 0 Å². The van der Waals surface area contributed by atoms with Crippen molar-refractivity contribution in [2.45, 2.75) is 51.9 Å². The zero-order valence-electron chi connectivity index (χ0n) is 21.1. The molecule has 0 saturated heterocycles. The van der Waals surface area contributed by atoms with Gasteiger partial charge in [0.15, 0.2) is 11.3 Å². The van der Waals surface area contributed by atoms with Gasteiger partial charge in [-0.1, -0.05) is 42.5 Å². The number of phenolic OH excluding ortho intramolecular Hbond substituents is 1. The summed E-state index contributed by atoms with van der Waals surface area (Å²) in [6, 6.07) is 19.6. The van der Waals surface area contributed by atoms with Crippen LogP contribution in [0.3, 0.4) is 0 Å². The van der Waals surface area contributed by atoms with Gasteiger partial charge in [-0.3, -0.25) is 9.59 Å². The monoisotopic (exact) mass is 483 g/mol. The van der Waals surface area contributed by atoms with Crippen molar-refractivity contribution < 1.29 is 19.1 Å². The Morgan fingerprint density at radius 2 is 1.64 bits per heavy atom. The molecule has 0 aliphatic heterocycles. The van der Waals surface area contributed by atoms with E-state index >= 15 is 0 Å². The number of hydrogen-bond donors (Lipinski definition) is 1. The molecule has 1 aliphatic rings. The zero-order chi connectivity index (χ0) is 26.3. The molecule has 6 nitrogen and oxygen atoms in total. The second kappa shape index (κ2) is 9.19. The van der Waals surface area contributed by atoms with E-state index in [1.54, 1.807) is 37.3 Å². The quantitative estimate of drug-likeness (QED) is 0.412. The summed E-state index contributed by atoms with van der Waals surface area (Å²) >= 11 is 0. The highest BCUT2D eigenvalue weighted by Gasteiger charge is 2.38. The first-order valence-electron chi connectivity index (χ1n) is 11.8. The van der Waals surface area contributed by atoms with Crippen LogP contribution >= 0.6 is 0 Å². The maximum Gasteiger partial charge on any atom is 0.363 e. The number of ketones is 2. The topological polar surface area (TPSA) is 97.5 Å². The molecule has 3 aromatic carbocycles. The number of nitrogens with zero attached hydrogens (tertiary/aromatic N) is 1. The summed E-state index contributed by atoms with van der Waals surface area (Å²) in [4.78, 5) is 40.2. The Balaban J connectivity index is 0.000000200. The predicted molar refractivity (Wildman–Crippen MR) is 139 cm³/mol. The first-order valence-corrected chi connectivity index (χ1v) is 11.8. The number of carbonyl (C=O) groups excluding carboxylic acids is 2. The largest absolute Gasteiger partial charge is 0.508 e. The van der Waals surface area contributed by atoms with E-state index in [9.17, 15) is 14.4 Å². The zero-order valence-corrected chi connectivity index (χ0v) is 21.1. The van der Waals surface area contributed by atoms with Crippen LogP contribution in [0.4, 0.5) is 0 Å². The number of hydrogen-bond acceptors (Lipinski definition) is 6. The number of Topliss-reactive ketones (excluding diaryl/α,β-unsaturated/α-hetero) is 2. The lowest BCUT2D eigenvalue weighted by atomic mass is 9.81. The maximum atomic E-state index is 12.2. The summed E-state index contributed by atoms with van der Waals surface area (Å²) in [5, 5.41) is 9.08. The van der Waals surface area contributed by atoms with E-state index in [-0.39, 0.29) is 17.3 Å². The van der Waals surface area contributed by atoms with E-state index in [1.807, 2.05) is 64.1 Å². The number of fused-ring (bicyclic) bond motifs is 2. The molecule has 0 bridgehead atoms. The number of benzene rings is 3. The fraction of sp³-hybridized carbons (Fsp3) is 0.267. The Morgan fingerprint density at radius 3 is 2.25 bits per heavy atom. The van der Waals surface area contributed by atoms with E-state index in [2.05, 4.69) is 4.98 Å². The SMILES string of the molecule is CC(=O)C(C)(C)c1ccc(O)cc1.CC1(C)C(=O)Cc2cc3oc(=O)c(-c4ccccc4)nc3cc21. The third-order valence-electron chi connectivity index (χ3n) is 7.05. The van der Waals surface area contributed by atoms with Crippen molar-refractivity contribution >= 4 is 22.7 Å². The number of carbonyl (C=O) groups is 2. The predicted octanol–water partition coefficient (Wildman–Crippen LogP) is 5.52. The van der Waals surface area contributed by atoms with Crippen molar-refractivity contribution in [1.29, 1.82) is 0 Å². The Kier molecular flexibility index (Phi) is 6.39. The van der Waals surface area contributed by atoms with Crippen molar-refractivity contribution in [3.63, 3.8) is 0 Å². The molecule has 1 N–H and O–H groups in total. The number of aromatic hydroxyl groups is 1. The molecule has 1 heterocycles. The van der Waals surface area contributed by atoms with Gasteiger partial charge in [0.05, 0.1) is 0 Å². The Labute approximate surface area is 209 Å². The van der Waals surface area contributed by atoms with E-state index in [0.29, 0.717) is 23.2 Å². The Bertz CT molecular complexity index is 1510. The first kappa shape index (κ1) is 25.0. The van der Waals surface area contributed by atoms with Crippen LogP contribution in [-0.4, -0.2) is 21.7 Å². The van der Waals surface area contributed by atoms with Gasteiger partial charge < -0.3 is 9.52 Å². The normalized spacial score (nSPS) is 14.2. The molecule has 0 saturated carbocycles. The molecule has 0 radical (unpaired) electrons. The Morgan fingerprint density at radius 1 is 1.00 bits per heavy atom. The van der Waals surface area contributed by atoms with Gasteiger partial charge in [0, 0.05) is 22.8 Å². The van der Waals surface area contributed by atoms with E-state index < -0.39 is 16.5 Å². The molecule has 0 fully saturated rings. The van der Waals surface area contributed by atoms with Crippen LogP contribution in [-0.2, 0) is 26.8 Å². The van der Waals surface area contributed by atoms with Gasteiger partial charge in [-0.05, 0) is 75.6 Å². The van der Waals surface area contributed by atoms with Crippen LogP contribution in [0.15, 0.2) is 75.9 Å². The van der Waals surface area contributed by atoms with Crippen LogP contribution in [0, 0.1) is 0 Å². The lowest BCUT2D eigenvalue weighted by molar-refractivity contribution is -0.122. The third-order valence-corrected chi connectivity index (χ3v) is 7.05. The van der Waals surface area contributed by atoms with Crippen molar-refractivity contribution in [2.24, 2.45) is 0 Å². The summed E-state index contributed by atoms with van der Waals surface area (Å²) in [5.74, 6) is 0.523. The second-order valence-electron chi connectivity index (χ2n) is 10.1. The molecular weight excluding hydrogens is 454 g/mol. The van der Waals surface area contributed by atoms with Crippen molar-refractivity contribution in [1.82, 2.24) is 4.98 Å². The molecule has 6 heteroatoms. The molecule has 36 heavy (non-hydrogen) atoms. The second-order valence-corrected chi connectivity index (χ2v) is 10.1. The van der Waals surface area contributed by atoms with E-state index in [1.165, 1.54) is 0 Å². The van der Waals surface area contributed by atoms with Crippen LogP contribution in [0.2, 0.25) is 0 Å². The number of phenols is 1. The van der Waals surface area contributed by atoms with Crippen LogP contribution in [0.5, 0.6) is 5.75 Å². The van der Waals surface area contributed by atoms with Crippen LogP contribution in [0.25, 0.3) is 22.4 Å². The van der Waals surface area contributed by atoms with Gasteiger partial charge in [-0.2, -0.15) is 0 Å². The van der Waals surface area contributed by atoms with Gasteiger partial charge in [-0.15, -0.1) is 0 Å². The van der Waals surface area contributed by atoms with Crippen molar-refractivity contribution in [2.75, 3.05) is 0 Å². The molecule has 1 aliphatic carbocycles. The molecule has 0 unspecified atom stereocenters. The highest BCUT2D eigenvalue weighted by Crippen LogP contribution is 2.37. The molecule has 5 rings (SSSR count). The molecule has 0 atom stereocenters. The molecule has 0 spiro atoms. The number of aromatic nitrogens is 1. The van der Waals surface area contributed by atoms with Crippen molar-refractivity contribution in [3.8, 4) is 17.0 Å². The molecule has 0 amide bonds. The first-order chi connectivity index (χ1) is 16.9. The third kappa shape index (κ3) is 4.59. The highest BCUT2D eigenvalue weighted by molar-refractivity contribution is 5.97. The molecule has 4 aromatic rings. The molecule has 1 aromatic heterocycles. The van der Waals surface area contributed by atoms with Gasteiger partial charge in [0.1, 0.15) is 22.8 Å². The lowest BCUT2D eigenvalue weighted by Crippen LogP contribution is -2.26. The van der Waals surface area contributed by atoms with E-state index in [0.717, 1.165) is 22.3 Å². The lowest BCUT2D eigenvalue weighted by Gasteiger charge is -2.21. The van der Waals surface area contributed by atoms with Gasteiger partial charge >= 0.3 is 5.63 Å². The minimum Gasteiger partial charge on any atom is -0.508 e. The molecular formula is C30H29NO5. The standard InChI is InChI=1S/C19H15NO3.C11H14O2/c1-19(2)13-10-14-15(8-12(13)9-16(19)21)23-18(22)17(20-14)11-6-4-3-5-7-11;1-8(12)11(2,3)9-4-6-10(13)7-5-9/h3-8,10H,9H2,1-2H3;4-7,13H,1-3H3.